The van der Waals surface area contributed by atoms with Crippen molar-refractivity contribution in [2.45, 2.75) is 19.3 Å². The molecular weight excluding hydrogens is 264 g/mol. The maximum Gasteiger partial charge on any atom is 0.257 e. The van der Waals surface area contributed by atoms with Crippen LogP contribution in [0, 0.1) is 5.92 Å². The summed E-state index contributed by atoms with van der Waals surface area (Å²) in [6.45, 7) is 2.11. The van der Waals surface area contributed by atoms with Crippen LogP contribution in [0.5, 0.6) is 5.75 Å². The van der Waals surface area contributed by atoms with E-state index >= 15 is 0 Å². The van der Waals surface area contributed by atoms with Crippen LogP contribution < -0.4 is 5.73 Å². The fraction of sp³-hybridized carbons (Fsp3) is 0.500. The topological polar surface area (TPSA) is 66.6 Å². The Morgan fingerprint density at radius 3 is 3.00 bits per heavy atom. The first kappa shape index (κ1) is 14.2. The number of phenols is 1. The van der Waals surface area contributed by atoms with E-state index in [2.05, 4.69) is 0 Å². The molecule has 1 amide bonds. The molecule has 1 saturated heterocycles. The van der Waals surface area contributed by atoms with Gasteiger partial charge in [-0.2, -0.15) is 0 Å². The van der Waals surface area contributed by atoms with Crippen LogP contribution in [-0.2, 0) is 0 Å². The third kappa shape index (κ3) is 3.39. The first-order chi connectivity index (χ1) is 9.11. The van der Waals surface area contributed by atoms with Crippen molar-refractivity contribution in [1.82, 2.24) is 4.90 Å². The van der Waals surface area contributed by atoms with E-state index in [-0.39, 0.29) is 11.7 Å². The highest BCUT2D eigenvalue weighted by atomic mass is 35.5. The summed E-state index contributed by atoms with van der Waals surface area (Å²) >= 11 is 5.77. The van der Waals surface area contributed by atoms with Gasteiger partial charge in [0.2, 0.25) is 0 Å². The van der Waals surface area contributed by atoms with Crippen LogP contribution in [0.2, 0.25) is 5.02 Å². The van der Waals surface area contributed by atoms with E-state index in [9.17, 15) is 9.90 Å². The lowest BCUT2D eigenvalue weighted by Gasteiger charge is -2.32. The van der Waals surface area contributed by atoms with Gasteiger partial charge in [-0.25, -0.2) is 0 Å². The van der Waals surface area contributed by atoms with Crippen LogP contribution in [0.25, 0.3) is 0 Å². The summed E-state index contributed by atoms with van der Waals surface area (Å²) in [6, 6.07) is 4.60. The Balaban J connectivity index is 2.10. The quantitative estimate of drug-likeness (QED) is 0.893. The predicted octanol–water partition coefficient (Wildman–Crippen LogP) is 2.25. The average Bonchev–Trinajstić information content (AvgIpc) is 2.39. The fourth-order valence-corrected chi connectivity index (χ4v) is 2.74. The van der Waals surface area contributed by atoms with Crippen LogP contribution in [-0.4, -0.2) is 35.5 Å². The van der Waals surface area contributed by atoms with E-state index in [1.54, 1.807) is 17.0 Å². The normalized spacial score (nSPS) is 19.5. The van der Waals surface area contributed by atoms with Gasteiger partial charge in [-0.3, -0.25) is 4.79 Å². The minimum atomic E-state index is -0.129. The zero-order chi connectivity index (χ0) is 13.8. The second kappa shape index (κ2) is 6.26. The molecule has 0 aromatic heterocycles. The number of benzene rings is 1. The Morgan fingerprint density at radius 2 is 2.32 bits per heavy atom. The fourth-order valence-electron chi connectivity index (χ4n) is 2.58. The second-order valence-electron chi connectivity index (χ2n) is 5.00. The zero-order valence-electron chi connectivity index (χ0n) is 10.8. The van der Waals surface area contributed by atoms with E-state index in [0.717, 1.165) is 32.4 Å². The van der Waals surface area contributed by atoms with Crippen LogP contribution in [0.1, 0.15) is 29.6 Å². The molecule has 1 unspecified atom stereocenters. The number of hydrogen-bond acceptors (Lipinski definition) is 3. The second-order valence-corrected chi connectivity index (χ2v) is 5.43. The Hall–Kier alpha value is -1.26. The van der Waals surface area contributed by atoms with Crippen molar-refractivity contribution in [3.8, 4) is 5.75 Å². The predicted molar refractivity (Wildman–Crippen MR) is 75.4 cm³/mol. The van der Waals surface area contributed by atoms with Gasteiger partial charge in [0.25, 0.3) is 5.91 Å². The number of nitrogens with zero attached hydrogens (tertiary/aromatic N) is 1. The van der Waals surface area contributed by atoms with Crippen molar-refractivity contribution in [2.24, 2.45) is 11.7 Å². The van der Waals surface area contributed by atoms with Crippen molar-refractivity contribution in [2.75, 3.05) is 19.6 Å². The van der Waals surface area contributed by atoms with E-state index in [4.69, 9.17) is 17.3 Å². The number of hydrogen-bond donors (Lipinski definition) is 2. The Kier molecular flexibility index (Phi) is 4.66. The molecule has 1 aliphatic rings. The van der Waals surface area contributed by atoms with Crippen molar-refractivity contribution in [3.63, 3.8) is 0 Å². The Bertz CT molecular complexity index is 463. The standard InChI is InChI=1S/C14H19ClN2O2/c15-11-3-4-12(13(18)8-11)14(19)17-7-1-2-10(9-17)5-6-16/h3-4,8,10,18H,1-2,5-7,9,16H2. The lowest BCUT2D eigenvalue weighted by Crippen LogP contribution is -2.40. The summed E-state index contributed by atoms with van der Waals surface area (Å²) in [5.41, 5.74) is 5.89. The van der Waals surface area contributed by atoms with Crippen LogP contribution in [0.15, 0.2) is 18.2 Å². The van der Waals surface area contributed by atoms with Crippen molar-refractivity contribution in [3.05, 3.63) is 28.8 Å². The highest BCUT2D eigenvalue weighted by molar-refractivity contribution is 6.30. The molecule has 0 spiro atoms. The minimum Gasteiger partial charge on any atom is -0.507 e. The maximum atomic E-state index is 12.4. The first-order valence-electron chi connectivity index (χ1n) is 6.59. The van der Waals surface area contributed by atoms with Crippen LogP contribution in [0.3, 0.4) is 0 Å². The lowest BCUT2D eigenvalue weighted by molar-refractivity contribution is 0.0666. The molecule has 1 aliphatic heterocycles. The molecule has 4 nitrogen and oxygen atoms in total. The average molecular weight is 283 g/mol. The largest absolute Gasteiger partial charge is 0.507 e. The molecule has 1 aromatic carbocycles. The van der Waals surface area contributed by atoms with Gasteiger partial charge in [-0.1, -0.05) is 11.6 Å². The van der Waals surface area contributed by atoms with Gasteiger partial charge in [0.1, 0.15) is 5.75 Å². The highest BCUT2D eigenvalue weighted by Gasteiger charge is 2.25. The molecule has 19 heavy (non-hydrogen) atoms. The molecule has 104 valence electrons. The SMILES string of the molecule is NCCC1CCCN(C(=O)c2ccc(Cl)cc2O)C1. The van der Waals surface area contributed by atoms with Crippen molar-refractivity contribution in [1.29, 1.82) is 0 Å². The number of carbonyl (C=O) groups is 1. The Morgan fingerprint density at radius 1 is 1.53 bits per heavy atom. The van der Waals surface area contributed by atoms with Gasteiger partial charge in [0.15, 0.2) is 0 Å². The van der Waals surface area contributed by atoms with Crippen molar-refractivity contribution < 1.29 is 9.90 Å². The van der Waals surface area contributed by atoms with Crippen LogP contribution in [0.4, 0.5) is 0 Å². The number of halogens is 1. The van der Waals surface area contributed by atoms with Gasteiger partial charge in [0, 0.05) is 18.1 Å². The summed E-state index contributed by atoms with van der Waals surface area (Å²) in [7, 11) is 0. The lowest BCUT2D eigenvalue weighted by atomic mass is 9.94. The number of likely N-dealkylation sites (tertiary alicyclic amines) is 1. The third-order valence-corrected chi connectivity index (χ3v) is 3.81. The number of piperidine rings is 1. The molecule has 0 radical (unpaired) electrons. The molecule has 0 bridgehead atoms. The summed E-state index contributed by atoms with van der Waals surface area (Å²) < 4.78 is 0. The van der Waals surface area contributed by atoms with Gasteiger partial charge in [-0.05, 0) is 49.9 Å². The molecule has 2 rings (SSSR count). The number of nitrogens with two attached hydrogens (primary N) is 1. The molecule has 0 aliphatic carbocycles. The molecule has 3 N–H and O–H groups in total. The van der Waals surface area contributed by atoms with Gasteiger partial charge >= 0.3 is 0 Å². The zero-order valence-corrected chi connectivity index (χ0v) is 11.6. The smallest absolute Gasteiger partial charge is 0.257 e. The molecule has 5 heteroatoms. The molecule has 1 atom stereocenters. The molecule has 1 heterocycles. The minimum absolute atomic E-state index is 0.0570. The maximum absolute atomic E-state index is 12.4. The monoisotopic (exact) mass is 282 g/mol. The van der Waals surface area contributed by atoms with Gasteiger partial charge in [-0.15, -0.1) is 0 Å². The Labute approximate surface area is 118 Å². The van der Waals surface area contributed by atoms with Crippen LogP contribution >= 0.6 is 11.6 Å². The van der Waals surface area contributed by atoms with Gasteiger partial charge in [0.05, 0.1) is 5.56 Å². The number of rotatable bonds is 3. The molecular formula is C14H19ClN2O2. The number of carbonyl (C=O) groups excluding carboxylic acids is 1. The summed E-state index contributed by atoms with van der Waals surface area (Å²) in [5, 5.41) is 10.2. The number of phenolic OH excluding ortho intramolecular Hbond substituents is 1. The molecule has 1 aromatic rings. The highest BCUT2D eigenvalue weighted by Crippen LogP contribution is 2.26. The van der Waals surface area contributed by atoms with E-state index < -0.39 is 0 Å². The molecule has 0 saturated carbocycles. The summed E-state index contributed by atoms with van der Waals surface area (Å²) in [4.78, 5) is 14.2. The van der Waals surface area contributed by atoms with E-state index in [0.29, 0.717) is 23.0 Å². The number of aromatic hydroxyl groups is 1. The first-order valence-corrected chi connectivity index (χ1v) is 6.97. The third-order valence-electron chi connectivity index (χ3n) is 3.57. The van der Waals surface area contributed by atoms with Gasteiger partial charge < -0.3 is 15.7 Å². The summed E-state index contributed by atoms with van der Waals surface area (Å²) in [5.74, 6) is 0.284. The van der Waals surface area contributed by atoms with E-state index in [1.807, 2.05) is 0 Å². The molecule has 1 fully saturated rings. The van der Waals surface area contributed by atoms with Crippen molar-refractivity contribution >= 4 is 17.5 Å². The number of amides is 1. The summed E-state index contributed by atoms with van der Waals surface area (Å²) in [6.07, 6.45) is 3.05. The van der Waals surface area contributed by atoms with E-state index in [1.165, 1.54) is 6.07 Å².